The van der Waals surface area contributed by atoms with Gasteiger partial charge in [0, 0.05) is 24.4 Å². The fourth-order valence-electron chi connectivity index (χ4n) is 3.04. The van der Waals surface area contributed by atoms with Crippen LogP contribution in [0.3, 0.4) is 0 Å². The zero-order valence-electron chi connectivity index (χ0n) is 13.5. The predicted octanol–water partition coefficient (Wildman–Crippen LogP) is 2.68. The highest BCUT2D eigenvalue weighted by molar-refractivity contribution is 5.94. The maximum Gasteiger partial charge on any atom is 0.416 e. The van der Waals surface area contributed by atoms with Crippen LogP contribution in [-0.2, 0) is 13.2 Å². The van der Waals surface area contributed by atoms with Crippen molar-refractivity contribution < 1.29 is 23.1 Å². The summed E-state index contributed by atoms with van der Waals surface area (Å²) < 4.78 is 40.1. The molecule has 1 aromatic carbocycles. The Morgan fingerprint density at radius 2 is 2.12 bits per heavy atom. The molecule has 0 aliphatic heterocycles. The minimum atomic E-state index is -4.50. The Morgan fingerprint density at radius 3 is 2.68 bits per heavy atom. The lowest BCUT2D eigenvalue weighted by Gasteiger charge is -2.37. The molecule has 2 aromatic rings. The molecule has 1 fully saturated rings. The first-order valence-corrected chi connectivity index (χ1v) is 7.89. The molecule has 1 amide bonds. The number of nitrogens with one attached hydrogen (secondary N) is 1. The Hall–Kier alpha value is -2.35. The second-order valence-electron chi connectivity index (χ2n) is 6.36. The van der Waals surface area contributed by atoms with Gasteiger partial charge in [0.15, 0.2) is 0 Å². The van der Waals surface area contributed by atoms with Crippen LogP contribution in [0.1, 0.15) is 40.4 Å². The molecular formula is C17H18F3N3O2. The van der Waals surface area contributed by atoms with Crippen molar-refractivity contribution in [1.29, 1.82) is 0 Å². The van der Waals surface area contributed by atoms with E-state index in [0.29, 0.717) is 12.8 Å². The molecule has 0 unspecified atom stereocenters. The summed E-state index contributed by atoms with van der Waals surface area (Å²) in [7, 11) is 1.74. The van der Waals surface area contributed by atoms with Gasteiger partial charge in [0.2, 0.25) is 0 Å². The van der Waals surface area contributed by atoms with E-state index in [-0.39, 0.29) is 11.5 Å². The number of nitrogens with zero attached hydrogens (tertiary/aromatic N) is 2. The molecular weight excluding hydrogens is 335 g/mol. The molecule has 2 N–H and O–H groups in total. The Labute approximate surface area is 142 Å². The summed E-state index contributed by atoms with van der Waals surface area (Å²) in [6, 6.07) is 3.92. The zero-order valence-corrected chi connectivity index (χ0v) is 13.5. The molecule has 1 saturated carbocycles. The molecule has 0 bridgehead atoms. The number of alkyl halides is 3. The second-order valence-corrected chi connectivity index (χ2v) is 6.36. The average Bonchev–Trinajstić information content (AvgIpc) is 2.95. The normalized spacial score (nSPS) is 21.5. The van der Waals surface area contributed by atoms with Crippen molar-refractivity contribution in [3.05, 3.63) is 53.3 Å². The van der Waals surface area contributed by atoms with E-state index in [1.165, 1.54) is 12.1 Å². The van der Waals surface area contributed by atoms with Crippen molar-refractivity contribution >= 4 is 5.91 Å². The fraction of sp³-hybridized carbons (Fsp3) is 0.412. The molecule has 25 heavy (non-hydrogen) atoms. The van der Waals surface area contributed by atoms with Crippen molar-refractivity contribution in [2.45, 2.75) is 31.2 Å². The summed E-state index contributed by atoms with van der Waals surface area (Å²) in [5.74, 6) is -0.560. The highest BCUT2D eigenvalue weighted by Crippen LogP contribution is 2.38. The number of aliphatic hydroxyl groups is 1. The van der Waals surface area contributed by atoms with Crippen LogP contribution >= 0.6 is 0 Å². The number of carbonyl (C=O) groups is 1. The van der Waals surface area contributed by atoms with Gasteiger partial charge in [-0.15, -0.1) is 0 Å². The van der Waals surface area contributed by atoms with Crippen LogP contribution in [0.5, 0.6) is 0 Å². The minimum absolute atomic E-state index is 0.0222. The smallest absolute Gasteiger partial charge is 0.393 e. The summed E-state index contributed by atoms with van der Waals surface area (Å²) in [4.78, 5) is 12.5. The van der Waals surface area contributed by atoms with Gasteiger partial charge in [0.25, 0.3) is 5.91 Å². The number of halogens is 3. The molecule has 1 atom stereocenters. The van der Waals surface area contributed by atoms with Gasteiger partial charge in [0.1, 0.15) is 0 Å². The van der Waals surface area contributed by atoms with Crippen LogP contribution in [-0.4, -0.2) is 26.9 Å². The third-order valence-electron chi connectivity index (χ3n) is 4.44. The molecule has 134 valence electrons. The number of aromatic nitrogens is 2. The largest absolute Gasteiger partial charge is 0.416 e. The van der Waals surface area contributed by atoms with Gasteiger partial charge in [-0.3, -0.25) is 9.48 Å². The van der Waals surface area contributed by atoms with E-state index in [0.717, 1.165) is 17.7 Å². The third kappa shape index (κ3) is 3.84. The standard InChI is InChI=1S/C17H18F3N3O2/c1-23-9-12(8-21-23)15(11-6-14(24)7-11)22-16(25)10-3-2-4-13(5-10)17(18,19)20/h2-5,8-9,11,14-15,24H,6-7H2,1H3,(H,22,25)/t11?,14?,15-/m1/s1. The molecule has 1 aliphatic carbocycles. The zero-order chi connectivity index (χ0) is 18.2. The van der Waals surface area contributed by atoms with Gasteiger partial charge >= 0.3 is 6.18 Å². The highest BCUT2D eigenvalue weighted by Gasteiger charge is 2.37. The van der Waals surface area contributed by atoms with Crippen LogP contribution in [0.2, 0.25) is 0 Å². The van der Waals surface area contributed by atoms with Gasteiger partial charge in [-0.25, -0.2) is 0 Å². The van der Waals surface area contributed by atoms with Crippen LogP contribution in [0, 0.1) is 5.92 Å². The SMILES string of the molecule is Cn1cc([C@H](NC(=O)c2cccc(C(F)(F)F)c2)C2CC(O)C2)cn1. The van der Waals surface area contributed by atoms with Gasteiger partial charge in [-0.1, -0.05) is 6.07 Å². The van der Waals surface area contributed by atoms with Crippen molar-refractivity contribution in [2.24, 2.45) is 13.0 Å². The molecule has 0 spiro atoms. The lowest BCUT2D eigenvalue weighted by atomic mass is 9.75. The molecule has 3 rings (SSSR count). The Bertz CT molecular complexity index is 766. The molecule has 1 heterocycles. The van der Waals surface area contributed by atoms with Crippen molar-refractivity contribution in [3.8, 4) is 0 Å². The van der Waals surface area contributed by atoms with Crippen LogP contribution in [0.25, 0.3) is 0 Å². The molecule has 0 saturated heterocycles. The van der Waals surface area contributed by atoms with Crippen LogP contribution in [0.4, 0.5) is 13.2 Å². The van der Waals surface area contributed by atoms with E-state index in [1.807, 2.05) is 0 Å². The maximum absolute atomic E-state index is 12.8. The lowest BCUT2D eigenvalue weighted by Crippen LogP contribution is -2.41. The van der Waals surface area contributed by atoms with E-state index in [2.05, 4.69) is 10.4 Å². The number of rotatable bonds is 4. The van der Waals surface area contributed by atoms with E-state index < -0.39 is 29.8 Å². The number of aryl methyl sites for hydroxylation is 1. The number of amides is 1. The number of carbonyl (C=O) groups excluding carboxylic acids is 1. The van der Waals surface area contributed by atoms with E-state index in [1.54, 1.807) is 24.1 Å². The summed E-state index contributed by atoms with van der Waals surface area (Å²) in [5.41, 5.74) is -0.152. The molecule has 1 aromatic heterocycles. The number of aliphatic hydroxyl groups excluding tert-OH is 1. The summed E-state index contributed by atoms with van der Waals surface area (Å²) >= 11 is 0. The van der Waals surface area contributed by atoms with Gasteiger partial charge in [0.05, 0.1) is 23.9 Å². The highest BCUT2D eigenvalue weighted by atomic mass is 19.4. The van der Waals surface area contributed by atoms with Crippen LogP contribution < -0.4 is 5.32 Å². The molecule has 5 nitrogen and oxygen atoms in total. The van der Waals surface area contributed by atoms with Crippen molar-refractivity contribution in [3.63, 3.8) is 0 Å². The summed E-state index contributed by atoms with van der Waals surface area (Å²) in [5, 5.41) is 16.4. The van der Waals surface area contributed by atoms with Crippen LogP contribution in [0.15, 0.2) is 36.7 Å². The molecule has 8 heteroatoms. The monoisotopic (exact) mass is 353 g/mol. The Balaban J connectivity index is 1.81. The lowest BCUT2D eigenvalue weighted by molar-refractivity contribution is -0.137. The summed E-state index contributed by atoms with van der Waals surface area (Å²) in [6.07, 6.45) is -0.486. The van der Waals surface area contributed by atoms with Crippen molar-refractivity contribution in [1.82, 2.24) is 15.1 Å². The Kier molecular flexibility index (Phi) is 4.55. The number of benzene rings is 1. The van der Waals surface area contributed by atoms with Crippen molar-refractivity contribution in [2.75, 3.05) is 0 Å². The average molecular weight is 353 g/mol. The first-order valence-electron chi connectivity index (χ1n) is 7.89. The van der Waals surface area contributed by atoms with E-state index >= 15 is 0 Å². The Morgan fingerprint density at radius 1 is 1.40 bits per heavy atom. The third-order valence-corrected chi connectivity index (χ3v) is 4.44. The second kappa shape index (κ2) is 6.51. The minimum Gasteiger partial charge on any atom is -0.393 e. The fourth-order valence-corrected chi connectivity index (χ4v) is 3.04. The van der Waals surface area contributed by atoms with E-state index in [4.69, 9.17) is 0 Å². The molecule has 1 aliphatic rings. The number of hydrogen-bond acceptors (Lipinski definition) is 3. The first-order chi connectivity index (χ1) is 11.7. The maximum atomic E-state index is 12.8. The first kappa shape index (κ1) is 17.5. The predicted molar refractivity (Wildman–Crippen MR) is 83.6 cm³/mol. The van der Waals surface area contributed by atoms with E-state index in [9.17, 15) is 23.1 Å². The quantitative estimate of drug-likeness (QED) is 0.888. The van der Waals surface area contributed by atoms with Gasteiger partial charge in [-0.2, -0.15) is 18.3 Å². The number of hydrogen-bond donors (Lipinski definition) is 2. The molecule has 0 radical (unpaired) electrons. The van der Waals surface area contributed by atoms with Gasteiger partial charge < -0.3 is 10.4 Å². The topological polar surface area (TPSA) is 67.2 Å². The van der Waals surface area contributed by atoms with Gasteiger partial charge in [-0.05, 0) is 37.0 Å². The summed E-state index contributed by atoms with van der Waals surface area (Å²) in [6.45, 7) is 0.